The molecule has 1 heterocycles. The van der Waals surface area contributed by atoms with Crippen molar-refractivity contribution < 1.29 is 14.3 Å². The minimum Gasteiger partial charge on any atom is -0.385 e. The summed E-state index contributed by atoms with van der Waals surface area (Å²) in [5.74, 6) is -0.239. The average Bonchev–Trinajstić information content (AvgIpc) is 2.94. The van der Waals surface area contributed by atoms with E-state index < -0.39 is 5.54 Å². The summed E-state index contributed by atoms with van der Waals surface area (Å²) in [7, 11) is 1.63. The number of hydrogen-bond acceptors (Lipinski definition) is 3. The van der Waals surface area contributed by atoms with Gasteiger partial charge in [0.25, 0.3) is 5.91 Å². The SMILES string of the molecule is COCCCNC(=O)[C@@]1(C)c2ccccc2C(=O)N1C[C@H](C)c1ccc(Cl)cc1. The zero-order valence-corrected chi connectivity index (χ0v) is 17.8. The van der Waals surface area contributed by atoms with Crippen LogP contribution in [0.15, 0.2) is 48.5 Å². The van der Waals surface area contributed by atoms with E-state index in [1.54, 1.807) is 18.1 Å². The van der Waals surface area contributed by atoms with Gasteiger partial charge in [0.1, 0.15) is 5.54 Å². The van der Waals surface area contributed by atoms with Crippen LogP contribution in [0.1, 0.15) is 47.7 Å². The number of amides is 2. The maximum absolute atomic E-state index is 13.2. The van der Waals surface area contributed by atoms with Crippen molar-refractivity contribution in [1.29, 1.82) is 0 Å². The Morgan fingerprint density at radius 2 is 1.90 bits per heavy atom. The second-order valence-corrected chi connectivity index (χ2v) is 8.02. The summed E-state index contributed by atoms with van der Waals surface area (Å²) in [6, 6.07) is 15.0. The second kappa shape index (κ2) is 8.97. The molecule has 29 heavy (non-hydrogen) atoms. The Balaban J connectivity index is 1.88. The number of nitrogens with one attached hydrogen (secondary N) is 1. The Morgan fingerprint density at radius 3 is 2.59 bits per heavy atom. The molecule has 1 aliphatic rings. The van der Waals surface area contributed by atoms with Gasteiger partial charge in [-0.1, -0.05) is 48.9 Å². The van der Waals surface area contributed by atoms with Crippen LogP contribution in [0, 0.1) is 0 Å². The highest BCUT2D eigenvalue weighted by atomic mass is 35.5. The molecule has 0 saturated heterocycles. The van der Waals surface area contributed by atoms with E-state index in [2.05, 4.69) is 12.2 Å². The van der Waals surface area contributed by atoms with Crippen molar-refractivity contribution in [3.8, 4) is 0 Å². The normalized spacial score (nSPS) is 19.2. The molecule has 0 spiro atoms. The molecule has 0 aliphatic carbocycles. The maximum Gasteiger partial charge on any atom is 0.255 e. The molecule has 0 aromatic heterocycles. The van der Waals surface area contributed by atoms with E-state index in [9.17, 15) is 9.59 Å². The highest BCUT2D eigenvalue weighted by Gasteiger charge is 2.51. The molecule has 2 aromatic carbocycles. The van der Waals surface area contributed by atoms with Gasteiger partial charge in [-0.25, -0.2) is 0 Å². The predicted octanol–water partition coefficient (Wildman–Crippen LogP) is 3.97. The number of carbonyl (C=O) groups excluding carboxylic acids is 2. The summed E-state index contributed by atoms with van der Waals surface area (Å²) in [5.41, 5.74) is 1.35. The van der Waals surface area contributed by atoms with Crippen LogP contribution in [0.3, 0.4) is 0 Å². The molecular weight excluding hydrogens is 388 g/mol. The van der Waals surface area contributed by atoms with Crippen molar-refractivity contribution in [3.63, 3.8) is 0 Å². The summed E-state index contributed by atoms with van der Waals surface area (Å²) in [6.45, 7) is 5.38. The predicted molar refractivity (Wildman–Crippen MR) is 114 cm³/mol. The van der Waals surface area contributed by atoms with Crippen molar-refractivity contribution in [2.75, 3.05) is 26.8 Å². The van der Waals surface area contributed by atoms with Gasteiger partial charge in [-0.3, -0.25) is 9.59 Å². The number of benzene rings is 2. The molecule has 5 nitrogen and oxygen atoms in total. The fraction of sp³-hybridized carbons (Fsp3) is 0.391. The summed E-state index contributed by atoms with van der Waals surface area (Å²) in [6.07, 6.45) is 0.717. The minimum atomic E-state index is -1.05. The van der Waals surface area contributed by atoms with Crippen LogP contribution >= 0.6 is 11.6 Å². The molecule has 154 valence electrons. The van der Waals surface area contributed by atoms with Crippen molar-refractivity contribution in [2.24, 2.45) is 0 Å². The Hall–Kier alpha value is -2.37. The second-order valence-electron chi connectivity index (χ2n) is 7.59. The molecular formula is C23H27ClN2O3. The molecule has 0 saturated carbocycles. The third-order valence-electron chi connectivity index (χ3n) is 5.62. The number of hydrogen-bond donors (Lipinski definition) is 1. The molecule has 1 N–H and O–H groups in total. The van der Waals surface area contributed by atoms with Crippen molar-refractivity contribution in [1.82, 2.24) is 10.2 Å². The number of nitrogens with zero attached hydrogens (tertiary/aromatic N) is 1. The first-order valence-electron chi connectivity index (χ1n) is 9.83. The van der Waals surface area contributed by atoms with Crippen molar-refractivity contribution in [2.45, 2.75) is 31.7 Å². The van der Waals surface area contributed by atoms with Gasteiger partial charge in [0.05, 0.1) is 0 Å². The molecule has 2 amide bonds. The molecule has 0 radical (unpaired) electrons. The van der Waals surface area contributed by atoms with Gasteiger partial charge in [-0.2, -0.15) is 0 Å². The summed E-state index contributed by atoms with van der Waals surface area (Å²) >= 11 is 6.00. The van der Waals surface area contributed by atoms with Gasteiger partial charge < -0.3 is 15.0 Å². The molecule has 0 unspecified atom stereocenters. The smallest absolute Gasteiger partial charge is 0.255 e. The number of rotatable bonds is 8. The van der Waals surface area contributed by atoms with Crippen LogP contribution in [0.2, 0.25) is 5.02 Å². The Morgan fingerprint density at radius 1 is 1.21 bits per heavy atom. The van der Waals surface area contributed by atoms with Crippen LogP contribution in [0.4, 0.5) is 0 Å². The van der Waals surface area contributed by atoms with E-state index in [1.165, 1.54) is 0 Å². The lowest BCUT2D eigenvalue weighted by Gasteiger charge is -2.36. The maximum atomic E-state index is 13.2. The largest absolute Gasteiger partial charge is 0.385 e. The molecule has 2 atom stereocenters. The fourth-order valence-electron chi connectivity index (χ4n) is 3.86. The summed E-state index contributed by atoms with van der Waals surface area (Å²) in [4.78, 5) is 28.2. The molecule has 0 bridgehead atoms. The zero-order chi connectivity index (χ0) is 21.0. The molecule has 1 aliphatic heterocycles. The Bertz CT molecular complexity index is 884. The number of fused-ring (bicyclic) bond motifs is 1. The molecule has 3 rings (SSSR count). The third-order valence-corrected chi connectivity index (χ3v) is 5.87. The van der Waals surface area contributed by atoms with E-state index in [4.69, 9.17) is 16.3 Å². The van der Waals surface area contributed by atoms with E-state index in [0.717, 1.165) is 17.5 Å². The topological polar surface area (TPSA) is 58.6 Å². The molecule has 6 heteroatoms. The van der Waals surface area contributed by atoms with Crippen LogP contribution < -0.4 is 5.32 Å². The van der Waals surface area contributed by atoms with E-state index in [-0.39, 0.29) is 17.7 Å². The van der Waals surface area contributed by atoms with Gasteiger partial charge in [0.2, 0.25) is 5.91 Å². The summed E-state index contributed by atoms with van der Waals surface area (Å²) < 4.78 is 5.05. The van der Waals surface area contributed by atoms with Gasteiger partial charge in [-0.15, -0.1) is 0 Å². The first-order chi connectivity index (χ1) is 13.9. The number of halogens is 1. The quantitative estimate of drug-likeness (QED) is 0.665. The van der Waals surface area contributed by atoms with Gasteiger partial charge in [0.15, 0.2) is 0 Å². The fourth-order valence-corrected chi connectivity index (χ4v) is 3.99. The van der Waals surface area contributed by atoms with Crippen LogP contribution in [0.5, 0.6) is 0 Å². The zero-order valence-electron chi connectivity index (χ0n) is 17.1. The lowest BCUT2D eigenvalue weighted by Crippen LogP contribution is -2.53. The molecule has 2 aromatic rings. The van der Waals surface area contributed by atoms with E-state index >= 15 is 0 Å². The number of ether oxygens (including phenoxy) is 1. The van der Waals surface area contributed by atoms with Crippen LogP contribution in [-0.4, -0.2) is 43.5 Å². The highest BCUT2D eigenvalue weighted by Crippen LogP contribution is 2.40. The lowest BCUT2D eigenvalue weighted by atomic mass is 9.89. The Labute approximate surface area is 177 Å². The first kappa shape index (κ1) is 21.3. The van der Waals surface area contributed by atoms with Crippen LogP contribution in [0.25, 0.3) is 0 Å². The highest BCUT2D eigenvalue weighted by molar-refractivity contribution is 6.30. The third kappa shape index (κ3) is 4.16. The van der Waals surface area contributed by atoms with E-state index in [1.807, 2.05) is 49.4 Å². The average molecular weight is 415 g/mol. The minimum absolute atomic E-state index is 0.0474. The standard InChI is InChI=1S/C23H27ClN2O3/c1-16(17-9-11-18(24)12-10-17)15-26-21(27)19-7-4-5-8-20(19)23(26,2)22(28)25-13-6-14-29-3/h4-5,7-12,16H,6,13-15H2,1-3H3,(H,25,28)/t16-,23+/m0/s1. The van der Waals surface area contributed by atoms with Crippen molar-refractivity contribution >= 4 is 23.4 Å². The number of methoxy groups -OCH3 is 1. The van der Waals surface area contributed by atoms with Gasteiger partial charge >= 0.3 is 0 Å². The first-order valence-corrected chi connectivity index (χ1v) is 10.2. The van der Waals surface area contributed by atoms with Gasteiger partial charge in [0, 0.05) is 37.4 Å². The molecule has 0 fully saturated rings. The lowest BCUT2D eigenvalue weighted by molar-refractivity contribution is -0.131. The van der Waals surface area contributed by atoms with E-state index in [0.29, 0.717) is 30.3 Å². The van der Waals surface area contributed by atoms with Crippen molar-refractivity contribution in [3.05, 3.63) is 70.2 Å². The Kier molecular flexibility index (Phi) is 6.60. The summed E-state index contributed by atoms with van der Waals surface area (Å²) in [5, 5.41) is 3.65. The number of carbonyl (C=O) groups is 2. The monoisotopic (exact) mass is 414 g/mol. The van der Waals surface area contributed by atoms with Crippen LogP contribution in [-0.2, 0) is 15.1 Å². The van der Waals surface area contributed by atoms with Gasteiger partial charge in [-0.05, 0) is 48.6 Å².